The minimum Gasteiger partial charge on any atom is -0.493 e. The molecule has 27 heavy (non-hydrogen) atoms. The van der Waals surface area contributed by atoms with Crippen molar-refractivity contribution in [3.05, 3.63) is 23.3 Å². The predicted molar refractivity (Wildman–Crippen MR) is 123 cm³/mol. The smallest absolute Gasteiger partial charge is 0.191 e. The molecule has 6 nitrogen and oxygen atoms in total. The van der Waals surface area contributed by atoms with E-state index in [2.05, 4.69) is 55.4 Å². The van der Waals surface area contributed by atoms with E-state index in [1.165, 1.54) is 11.1 Å². The van der Waals surface area contributed by atoms with Crippen molar-refractivity contribution in [2.75, 3.05) is 40.4 Å². The quantitative estimate of drug-likeness (QED) is 0.365. The highest BCUT2D eigenvalue weighted by molar-refractivity contribution is 14.0. The Bertz CT molecular complexity index is 629. The Morgan fingerprint density at radius 2 is 1.78 bits per heavy atom. The molecule has 0 aliphatic carbocycles. The second-order valence-corrected chi connectivity index (χ2v) is 7.64. The van der Waals surface area contributed by atoms with Gasteiger partial charge in [0.05, 0.1) is 20.8 Å². The van der Waals surface area contributed by atoms with Crippen LogP contribution in [0.15, 0.2) is 17.1 Å². The monoisotopic (exact) mass is 490 g/mol. The average molecular weight is 490 g/mol. The maximum atomic E-state index is 5.44. The molecular formula is C20H35IN4O2. The number of methoxy groups -OCH3 is 2. The highest BCUT2D eigenvalue weighted by atomic mass is 127. The normalized spacial score (nSPS) is 14.8. The van der Waals surface area contributed by atoms with Crippen LogP contribution >= 0.6 is 24.0 Å². The van der Waals surface area contributed by atoms with Gasteiger partial charge in [-0.25, -0.2) is 0 Å². The first-order valence-corrected chi connectivity index (χ1v) is 9.39. The molecule has 0 aromatic heterocycles. The third kappa shape index (κ3) is 7.37. The van der Waals surface area contributed by atoms with Gasteiger partial charge in [-0.15, -0.1) is 24.0 Å². The Hall–Kier alpha value is -1.22. The van der Waals surface area contributed by atoms with Crippen LogP contribution in [0.1, 0.15) is 38.8 Å². The molecule has 7 heteroatoms. The van der Waals surface area contributed by atoms with Crippen molar-refractivity contribution >= 4 is 29.9 Å². The molecule has 2 N–H and O–H groups in total. The van der Waals surface area contributed by atoms with Crippen molar-refractivity contribution in [1.82, 2.24) is 15.5 Å². The molecule has 0 radical (unpaired) electrons. The number of fused-ring (bicyclic) bond motifs is 1. The maximum absolute atomic E-state index is 5.44. The lowest BCUT2D eigenvalue weighted by Crippen LogP contribution is -2.47. The second-order valence-electron chi connectivity index (χ2n) is 7.64. The molecule has 0 bridgehead atoms. The summed E-state index contributed by atoms with van der Waals surface area (Å²) in [5.41, 5.74) is 2.67. The Labute approximate surface area is 181 Å². The molecule has 0 amide bonds. The number of nitrogens with one attached hydrogen (secondary N) is 2. The highest BCUT2D eigenvalue weighted by Crippen LogP contribution is 2.33. The summed E-state index contributed by atoms with van der Waals surface area (Å²) >= 11 is 0. The number of nitrogens with zero attached hydrogens (tertiary/aromatic N) is 2. The zero-order valence-electron chi connectivity index (χ0n) is 17.5. The average Bonchev–Trinajstić information content (AvgIpc) is 2.59. The number of hydrogen-bond donors (Lipinski definition) is 2. The summed E-state index contributed by atoms with van der Waals surface area (Å²) < 4.78 is 10.9. The highest BCUT2D eigenvalue weighted by Gasteiger charge is 2.19. The van der Waals surface area contributed by atoms with E-state index in [0.717, 1.165) is 56.6 Å². The van der Waals surface area contributed by atoms with Gasteiger partial charge in [0.25, 0.3) is 0 Å². The minimum absolute atomic E-state index is 0. The number of guanidine groups is 1. The molecule has 1 heterocycles. The van der Waals surface area contributed by atoms with E-state index in [-0.39, 0.29) is 29.5 Å². The number of aliphatic imine (C=N–C) groups is 1. The zero-order chi connectivity index (χ0) is 19.2. The molecule has 1 aliphatic rings. The minimum atomic E-state index is 0. The van der Waals surface area contributed by atoms with E-state index >= 15 is 0 Å². The first kappa shape index (κ1) is 23.8. The van der Waals surface area contributed by atoms with E-state index in [0.29, 0.717) is 0 Å². The van der Waals surface area contributed by atoms with Crippen molar-refractivity contribution in [3.8, 4) is 11.5 Å². The Kier molecular flexibility index (Phi) is 9.66. The van der Waals surface area contributed by atoms with Gasteiger partial charge < -0.3 is 20.1 Å². The molecule has 0 unspecified atom stereocenters. The van der Waals surface area contributed by atoms with Crippen LogP contribution in [0.4, 0.5) is 0 Å². The summed E-state index contributed by atoms with van der Waals surface area (Å²) in [5.74, 6) is 2.49. The van der Waals surface area contributed by atoms with Crippen molar-refractivity contribution in [3.63, 3.8) is 0 Å². The van der Waals surface area contributed by atoms with Crippen LogP contribution in [0.3, 0.4) is 0 Å². The fraction of sp³-hybridized carbons (Fsp3) is 0.650. The van der Waals surface area contributed by atoms with Crippen molar-refractivity contribution in [1.29, 1.82) is 0 Å². The van der Waals surface area contributed by atoms with Gasteiger partial charge in [0.15, 0.2) is 17.5 Å². The summed E-state index contributed by atoms with van der Waals surface area (Å²) in [4.78, 5) is 7.16. The van der Waals surface area contributed by atoms with E-state index in [9.17, 15) is 0 Å². The van der Waals surface area contributed by atoms with Crippen LogP contribution in [0.5, 0.6) is 11.5 Å². The number of benzene rings is 1. The summed E-state index contributed by atoms with van der Waals surface area (Å²) in [6.07, 6.45) is 1.03. The second kappa shape index (κ2) is 10.9. The molecule has 154 valence electrons. The van der Waals surface area contributed by atoms with E-state index in [1.807, 2.05) is 0 Å². The van der Waals surface area contributed by atoms with Gasteiger partial charge in [0.1, 0.15) is 0 Å². The van der Waals surface area contributed by atoms with Gasteiger partial charge in [-0.2, -0.15) is 0 Å². The SMILES string of the molecule is CCNC(=NCCN1CCc2cc(OC)c(OC)cc2C1)NC(C)(C)C.I. The van der Waals surface area contributed by atoms with Gasteiger partial charge in [0.2, 0.25) is 0 Å². The summed E-state index contributed by atoms with van der Waals surface area (Å²) in [5, 5.41) is 6.74. The molecule has 0 saturated heterocycles. The molecule has 0 spiro atoms. The molecule has 0 saturated carbocycles. The maximum Gasteiger partial charge on any atom is 0.191 e. The lowest BCUT2D eigenvalue weighted by Gasteiger charge is -2.29. The lowest BCUT2D eigenvalue weighted by atomic mass is 9.99. The predicted octanol–water partition coefficient (Wildman–Crippen LogP) is 3.03. The van der Waals surface area contributed by atoms with Crippen LogP contribution in [-0.2, 0) is 13.0 Å². The van der Waals surface area contributed by atoms with Crippen molar-refractivity contribution in [2.45, 2.75) is 46.2 Å². The van der Waals surface area contributed by atoms with Crippen LogP contribution < -0.4 is 20.1 Å². The molecule has 1 aromatic rings. The fourth-order valence-electron chi connectivity index (χ4n) is 3.10. The topological polar surface area (TPSA) is 58.1 Å². The number of halogens is 1. The van der Waals surface area contributed by atoms with E-state index in [1.54, 1.807) is 14.2 Å². The van der Waals surface area contributed by atoms with Gasteiger partial charge >= 0.3 is 0 Å². The van der Waals surface area contributed by atoms with E-state index < -0.39 is 0 Å². The Morgan fingerprint density at radius 1 is 1.15 bits per heavy atom. The summed E-state index contributed by atoms with van der Waals surface area (Å²) in [6, 6.07) is 4.22. The number of hydrogen-bond acceptors (Lipinski definition) is 4. The standard InChI is InChI=1S/C20H34N4O2.HI/c1-7-21-19(23-20(2,3)4)22-9-11-24-10-8-15-12-17(25-5)18(26-6)13-16(15)14-24;/h12-13H,7-11,14H2,1-6H3,(H2,21,22,23);1H. The first-order chi connectivity index (χ1) is 12.4. The van der Waals surface area contributed by atoms with Crippen LogP contribution in [0.2, 0.25) is 0 Å². The van der Waals surface area contributed by atoms with Gasteiger partial charge in [-0.1, -0.05) is 0 Å². The van der Waals surface area contributed by atoms with Gasteiger partial charge in [-0.05, 0) is 57.4 Å². The molecule has 1 aromatic carbocycles. The molecular weight excluding hydrogens is 455 g/mol. The van der Waals surface area contributed by atoms with Gasteiger partial charge in [0, 0.05) is 31.7 Å². The Balaban J connectivity index is 0.00000364. The first-order valence-electron chi connectivity index (χ1n) is 9.39. The third-order valence-electron chi connectivity index (χ3n) is 4.32. The summed E-state index contributed by atoms with van der Waals surface area (Å²) in [7, 11) is 3.37. The van der Waals surface area contributed by atoms with Gasteiger partial charge in [-0.3, -0.25) is 9.89 Å². The Morgan fingerprint density at radius 3 is 2.33 bits per heavy atom. The molecule has 1 aliphatic heterocycles. The van der Waals surface area contributed by atoms with Crippen LogP contribution in [0, 0.1) is 0 Å². The molecule has 0 fully saturated rings. The largest absolute Gasteiger partial charge is 0.493 e. The van der Waals surface area contributed by atoms with Crippen LogP contribution in [-0.4, -0.2) is 56.8 Å². The third-order valence-corrected chi connectivity index (χ3v) is 4.32. The number of rotatable bonds is 6. The lowest BCUT2D eigenvalue weighted by molar-refractivity contribution is 0.259. The molecule has 2 rings (SSSR count). The summed E-state index contributed by atoms with van der Waals surface area (Å²) in [6.45, 7) is 13.1. The fourth-order valence-corrected chi connectivity index (χ4v) is 3.10. The number of ether oxygens (including phenoxy) is 2. The molecule has 0 atom stereocenters. The van der Waals surface area contributed by atoms with Crippen LogP contribution in [0.25, 0.3) is 0 Å². The van der Waals surface area contributed by atoms with Crippen molar-refractivity contribution in [2.24, 2.45) is 4.99 Å². The van der Waals surface area contributed by atoms with E-state index in [4.69, 9.17) is 14.5 Å². The van der Waals surface area contributed by atoms with Crippen molar-refractivity contribution < 1.29 is 9.47 Å². The zero-order valence-corrected chi connectivity index (χ0v) is 19.8.